The molecule has 6 nitrogen and oxygen atoms in total. The molecule has 0 saturated carbocycles. The van der Waals surface area contributed by atoms with Gasteiger partial charge in [0.05, 0.1) is 18.4 Å². The lowest BCUT2D eigenvalue weighted by atomic mass is 9.94. The molecule has 2 aromatic rings. The van der Waals surface area contributed by atoms with Crippen molar-refractivity contribution in [3.63, 3.8) is 0 Å². The van der Waals surface area contributed by atoms with E-state index in [1.165, 1.54) is 32.4 Å². The highest BCUT2D eigenvalue weighted by molar-refractivity contribution is 14.0. The van der Waals surface area contributed by atoms with Crippen molar-refractivity contribution in [2.45, 2.75) is 32.7 Å². The molecule has 1 aliphatic rings. The molecule has 1 aromatic carbocycles. The van der Waals surface area contributed by atoms with Gasteiger partial charge in [0, 0.05) is 20.1 Å². The third kappa shape index (κ3) is 7.29. The van der Waals surface area contributed by atoms with Gasteiger partial charge in [0.1, 0.15) is 5.82 Å². The van der Waals surface area contributed by atoms with E-state index in [4.69, 9.17) is 4.99 Å². The summed E-state index contributed by atoms with van der Waals surface area (Å²) < 4.78 is 0. The molecule has 0 bridgehead atoms. The third-order valence-corrected chi connectivity index (χ3v) is 5.43. The monoisotopic (exact) mass is 510 g/mol. The number of guanidine groups is 1. The molecule has 0 radical (unpaired) electrons. The second kappa shape index (κ2) is 12.2. The maximum atomic E-state index is 4.86. The van der Waals surface area contributed by atoms with Crippen molar-refractivity contribution in [3.8, 4) is 11.3 Å². The van der Waals surface area contributed by atoms with E-state index in [1.54, 1.807) is 0 Å². The number of hydrogen-bond acceptors (Lipinski definition) is 3. The first-order chi connectivity index (χ1) is 13.7. The van der Waals surface area contributed by atoms with E-state index in [0.29, 0.717) is 6.54 Å². The summed E-state index contributed by atoms with van der Waals surface area (Å²) in [6.07, 6.45) is 5.68. The number of hydrogen-bond donors (Lipinski definition) is 2. The first kappa shape index (κ1) is 23.7. The van der Waals surface area contributed by atoms with Gasteiger partial charge in [0.2, 0.25) is 0 Å². The number of imidazole rings is 1. The molecule has 2 N–H and O–H groups in total. The molecule has 1 aliphatic heterocycles. The molecular formula is C22H35IN6. The Morgan fingerprint density at radius 3 is 2.69 bits per heavy atom. The minimum Gasteiger partial charge on any atom is -0.357 e. The van der Waals surface area contributed by atoms with Gasteiger partial charge in [-0.2, -0.15) is 0 Å². The number of likely N-dealkylation sites (tertiary alicyclic amines) is 1. The predicted octanol–water partition coefficient (Wildman–Crippen LogP) is 3.82. The van der Waals surface area contributed by atoms with Crippen LogP contribution in [0.15, 0.2) is 41.5 Å². The number of nitrogens with zero attached hydrogens (tertiary/aromatic N) is 4. The average molecular weight is 510 g/mol. The van der Waals surface area contributed by atoms with Crippen LogP contribution in [0.3, 0.4) is 0 Å². The Morgan fingerprint density at radius 2 is 2.00 bits per heavy atom. The number of piperidine rings is 1. The zero-order valence-electron chi connectivity index (χ0n) is 17.9. The third-order valence-electron chi connectivity index (χ3n) is 5.43. The van der Waals surface area contributed by atoms with Gasteiger partial charge in [0.25, 0.3) is 0 Å². The fourth-order valence-corrected chi connectivity index (χ4v) is 3.68. The van der Waals surface area contributed by atoms with Gasteiger partial charge in [-0.3, -0.25) is 4.99 Å². The van der Waals surface area contributed by atoms with Crippen LogP contribution < -0.4 is 5.32 Å². The Balaban J connectivity index is 0.00000300. The molecule has 0 amide bonds. The molecule has 7 heteroatoms. The molecule has 0 spiro atoms. The van der Waals surface area contributed by atoms with Gasteiger partial charge in [0.15, 0.2) is 5.96 Å². The highest BCUT2D eigenvalue weighted by atomic mass is 127. The van der Waals surface area contributed by atoms with E-state index < -0.39 is 0 Å². The Hall–Kier alpha value is -1.61. The minimum atomic E-state index is 0. The van der Waals surface area contributed by atoms with Crippen molar-refractivity contribution in [3.05, 3.63) is 42.4 Å². The topological polar surface area (TPSA) is 59.6 Å². The molecule has 2 heterocycles. The lowest BCUT2D eigenvalue weighted by Crippen LogP contribution is -2.39. The standard InChI is InChI=1S/C22H34N6.HI/c1-4-23-22(24-13-10-18-11-14-27(2)15-12-18)28(3)17-21-25-16-20(26-21)19-8-6-5-7-9-19;/h5-9,16,18H,4,10-15,17H2,1-3H3,(H,23,24)(H,25,26);1H. The van der Waals surface area contributed by atoms with Crippen LogP contribution in [0.2, 0.25) is 0 Å². The van der Waals surface area contributed by atoms with Crippen molar-refractivity contribution < 1.29 is 0 Å². The van der Waals surface area contributed by atoms with E-state index in [-0.39, 0.29) is 24.0 Å². The van der Waals surface area contributed by atoms with Gasteiger partial charge in [-0.1, -0.05) is 30.3 Å². The Bertz CT molecular complexity index is 737. The lowest BCUT2D eigenvalue weighted by molar-refractivity contribution is 0.214. The number of H-pyrrole nitrogens is 1. The maximum Gasteiger partial charge on any atom is 0.194 e. The van der Waals surface area contributed by atoms with Gasteiger partial charge in [-0.25, -0.2) is 4.98 Å². The molecule has 1 fully saturated rings. The predicted molar refractivity (Wildman–Crippen MR) is 132 cm³/mol. The quantitative estimate of drug-likeness (QED) is 0.338. The van der Waals surface area contributed by atoms with E-state index in [2.05, 4.69) is 58.2 Å². The first-order valence-electron chi connectivity index (χ1n) is 10.4. The molecule has 160 valence electrons. The normalized spacial score (nSPS) is 15.8. The van der Waals surface area contributed by atoms with Crippen molar-refractivity contribution in [1.82, 2.24) is 25.1 Å². The van der Waals surface area contributed by atoms with Crippen LogP contribution in [0, 0.1) is 5.92 Å². The van der Waals surface area contributed by atoms with Crippen LogP contribution in [0.5, 0.6) is 0 Å². The molecule has 1 saturated heterocycles. The van der Waals surface area contributed by atoms with Crippen LogP contribution in [0.4, 0.5) is 0 Å². The SMILES string of the molecule is CCNC(=NCCC1CCN(C)CC1)N(C)Cc1ncc(-c2ccccc2)[nH]1.I. The van der Waals surface area contributed by atoms with Crippen molar-refractivity contribution in [2.24, 2.45) is 10.9 Å². The van der Waals surface area contributed by atoms with Crippen molar-refractivity contribution in [2.75, 3.05) is 40.3 Å². The van der Waals surface area contributed by atoms with E-state index in [1.807, 2.05) is 24.4 Å². The number of rotatable bonds is 7. The number of aromatic nitrogens is 2. The van der Waals surface area contributed by atoms with Crippen molar-refractivity contribution in [1.29, 1.82) is 0 Å². The number of halogens is 1. The number of nitrogens with one attached hydrogen (secondary N) is 2. The molecule has 29 heavy (non-hydrogen) atoms. The molecule has 0 atom stereocenters. The number of aromatic amines is 1. The van der Waals surface area contributed by atoms with Gasteiger partial charge in [-0.15, -0.1) is 24.0 Å². The van der Waals surface area contributed by atoms with Crippen LogP contribution in [0.1, 0.15) is 32.0 Å². The molecule has 3 rings (SSSR count). The second-order valence-corrected chi connectivity index (χ2v) is 7.74. The summed E-state index contributed by atoms with van der Waals surface area (Å²) in [6, 6.07) is 10.3. The van der Waals surface area contributed by atoms with Crippen LogP contribution >= 0.6 is 24.0 Å². The molecular weight excluding hydrogens is 475 g/mol. The Labute approximate surface area is 192 Å². The zero-order chi connectivity index (χ0) is 19.8. The van der Waals surface area contributed by atoms with E-state index in [0.717, 1.165) is 42.0 Å². The lowest BCUT2D eigenvalue weighted by Gasteiger charge is -2.28. The summed E-state index contributed by atoms with van der Waals surface area (Å²) in [4.78, 5) is 17.4. The molecule has 0 unspecified atom stereocenters. The summed E-state index contributed by atoms with van der Waals surface area (Å²) in [5.74, 6) is 2.71. The molecule has 1 aromatic heterocycles. The average Bonchev–Trinajstić information content (AvgIpc) is 3.18. The summed E-state index contributed by atoms with van der Waals surface area (Å²) in [6.45, 7) is 7.00. The minimum absolute atomic E-state index is 0. The Morgan fingerprint density at radius 1 is 1.28 bits per heavy atom. The van der Waals surface area contributed by atoms with E-state index in [9.17, 15) is 0 Å². The summed E-state index contributed by atoms with van der Waals surface area (Å²) in [5.41, 5.74) is 2.20. The fraction of sp³-hybridized carbons (Fsp3) is 0.545. The van der Waals surface area contributed by atoms with E-state index >= 15 is 0 Å². The van der Waals surface area contributed by atoms with Gasteiger partial charge >= 0.3 is 0 Å². The van der Waals surface area contributed by atoms with Gasteiger partial charge in [-0.05, 0) is 57.8 Å². The van der Waals surface area contributed by atoms with Gasteiger partial charge < -0.3 is 20.1 Å². The van der Waals surface area contributed by atoms with Crippen LogP contribution in [-0.2, 0) is 6.54 Å². The largest absolute Gasteiger partial charge is 0.357 e. The maximum absolute atomic E-state index is 4.86. The smallest absolute Gasteiger partial charge is 0.194 e. The summed E-state index contributed by atoms with van der Waals surface area (Å²) in [7, 11) is 4.28. The number of aliphatic imine (C=N–C) groups is 1. The highest BCUT2D eigenvalue weighted by Crippen LogP contribution is 2.19. The fourth-order valence-electron chi connectivity index (χ4n) is 3.68. The second-order valence-electron chi connectivity index (χ2n) is 7.74. The Kier molecular flexibility index (Phi) is 9.93. The van der Waals surface area contributed by atoms with Crippen LogP contribution in [0.25, 0.3) is 11.3 Å². The number of benzene rings is 1. The summed E-state index contributed by atoms with van der Waals surface area (Å²) in [5, 5.41) is 3.41. The first-order valence-corrected chi connectivity index (χ1v) is 10.4. The highest BCUT2D eigenvalue weighted by Gasteiger charge is 2.16. The van der Waals surface area contributed by atoms with Crippen LogP contribution in [-0.4, -0.2) is 66.0 Å². The zero-order valence-corrected chi connectivity index (χ0v) is 20.2. The molecule has 0 aliphatic carbocycles. The van der Waals surface area contributed by atoms with Crippen molar-refractivity contribution >= 4 is 29.9 Å². The summed E-state index contributed by atoms with van der Waals surface area (Å²) >= 11 is 0.